The van der Waals surface area contributed by atoms with Gasteiger partial charge in [0.25, 0.3) is 0 Å². The smallest absolute Gasteiger partial charge is 0.303 e. The molecule has 0 aromatic carbocycles. The highest BCUT2D eigenvalue weighted by Crippen LogP contribution is 2.39. The average molecular weight is 151 g/mol. The second-order valence-corrected chi connectivity index (χ2v) is 3.26. The third-order valence-corrected chi connectivity index (χ3v) is 1.51. The predicted molar refractivity (Wildman–Crippen MR) is 30.4 cm³/mol. The molecular weight excluding hydrogens is 143 g/mol. The maximum absolute atomic E-state index is 10.0. The van der Waals surface area contributed by atoms with E-state index in [4.69, 9.17) is 9.79 Å². The molecule has 0 bridgehead atoms. The van der Waals surface area contributed by atoms with Gasteiger partial charge in [0, 0.05) is 0 Å². The molecule has 1 unspecified atom stereocenters. The highest BCUT2D eigenvalue weighted by atomic mass is 31.2. The van der Waals surface area contributed by atoms with Crippen molar-refractivity contribution in [3.63, 3.8) is 0 Å². The molecule has 0 aromatic rings. The van der Waals surface area contributed by atoms with Crippen molar-refractivity contribution in [3.05, 3.63) is 6.42 Å². The topological polar surface area (TPSA) is 66.8 Å². The molecule has 9 heavy (non-hydrogen) atoms. The van der Waals surface area contributed by atoms with E-state index in [-0.39, 0.29) is 12.5 Å². The zero-order valence-corrected chi connectivity index (χ0v) is 5.62. The van der Waals surface area contributed by atoms with Crippen LogP contribution in [0.3, 0.4) is 0 Å². The van der Waals surface area contributed by atoms with Gasteiger partial charge in [0.2, 0.25) is 0 Å². The molecule has 1 fully saturated rings. The number of phosphoric ester groups is 1. The van der Waals surface area contributed by atoms with Gasteiger partial charge in [-0.3, -0.25) is 4.52 Å². The summed E-state index contributed by atoms with van der Waals surface area (Å²) in [5.41, 5.74) is 0. The summed E-state index contributed by atoms with van der Waals surface area (Å²) < 4.78 is 14.2. The Kier molecular flexibility index (Phi) is 1.91. The van der Waals surface area contributed by atoms with Crippen LogP contribution in [-0.4, -0.2) is 16.4 Å². The average Bonchev–Trinajstić information content (AvgIpc) is 2.38. The second-order valence-electron chi connectivity index (χ2n) is 2.02. The Bertz CT molecular complexity index is 136. The largest absolute Gasteiger partial charge is 0.469 e. The van der Waals surface area contributed by atoms with Crippen LogP contribution < -0.4 is 0 Å². The fourth-order valence-corrected chi connectivity index (χ4v) is 0.811. The van der Waals surface area contributed by atoms with Crippen molar-refractivity contribution in [3.8, 4) is 0 Å². The summed E-state index contributed by atoms with van der Waals surface area (Å²) in [7, 11) is -4.20. The van der Waals surface area contributed by atoms with Crippen molar-refractivity contribution in [2.75, 3.05) is 6.61 Å². The van der Waals surface area contributed by atoms with Crippen LogP contribution >= 0.6 is 7.82 Å². The molecule has 0 saturated heterocycles. The third-order valence-electron chi connectivity index (χ3n) is 1.03. The lowest BCUT2D eigenvalue weighted by atomic mass is 10.5. The maximum atomic E-state index is 10.0. The summed E-state index contributed by atoms with van der Waals surface area (Å²) >= 11 is 0. The molecule has 5 heteroatoms. The lowest BCUT2D eigenvalue weighted by Crippen LogP contribution is -1.92. The quantitative estimate of drug-likeness (QED) is 0.570. The van der Waals surface area contributed by atoms with Gasteiger partial charge < -0.3 is 9.79 Å². The van der Waals surface area contributed by atoms with Crippen LogP contribution in [0.1, 0.15) is 6.42 Å². The van der Waals surface area contributed by atoms with Gasteiger partial charge in [-0.05, 0) is 18.8 Å². The van der Waals surface area contributed by atoms with E-state index in [9.17, 15) is 4.57 Å². The van der Waals surface area contributed by atoms with Gasteiger partial charge in [-0.25, -0.2) is 4.57 Å². The number of hydrogen-bond donors (Lipinski definition) is 2. The Hall–Kier alpha value is 0.110. The summed E-state index contributed by atoms with van der Waals surface area (Å²) in [5, 5.41) is 0. The number of hydrogen-bond acceptors (Lipinski definition) is 2. The Morgan fingerprint density at radius 2 is 2.33 bits per heavy atom. The van der Waals surface area contributed by atoms with Crippen LogP contribution in [0.4, 0.5) is 0 Å². The molecule has 53 valence electrons. The molecule has 0 aliphatic heterocycles. The molecule has 2 N–H and O–H groups in total. The van der Waals surface area contributed by atoms with E-state index < -0.39 is 7.82 Å². The van der Waals surface area contributed by atoms with Crippen molar-refractivity contribution in [2.45, 2.75) is 6.42 Å². The maximum Gasteiger partial charge on any atom is 0.469 e. The lowest BCUT2D eigenvalue weighted by Gasteiger charge is -2.01. The van der Waals surface area contributed by atoms with Crippen LogP contribution in [0.15, 0.2) is 0 Å². The summed E-state index contributed by atoms with van der Waals surface area (Å²) in [5.74, 6) is 0.276. The standard InChI is InChI=1S/C4H8O4P/c5-9(6,7)8-3-4-1-2-4/h1,4H,2-3H2,(H2,5,6,7). The van der Waals surface area contributed by atoms with Crippen molar-refractivity contribution >= 4 is 7.82 Å². The first kappa shape index (κ1) is 7.22. The van der Waals surface area contributed by atoms with Crippen LogP contribution in [-0.2, 0) is 9.09 Å². The molecule has 1 atom stereocenters. The van der Waals surface area contributed by atoms with E-state index in [1.54, 1.807) is 0 Å². The molecule has 0 aromatic heterocycles. The third kappa shape index (κ3) is 3.65. The minimum atomic E-state index is -4.20. The van der Waals surface area contributed by atoms with Crippen molar-refractivity contribution in [2.24, 2.45) is 5.92 Å². The monoisotopic (exact) mass is 151 g/mol. The SMILES string of the molecule is O=P(O)(O)OCC1[CH]C1. The van der Waals surface area contributed by atoms with E-state index in [1.807, 2.05) is 6.42 Å². The Morgan fingerprint density at radius 1 is 1.78 bits per heavy atom. The molecular formula is C4H8O4P. The zero-order valence-electron chi connectivity index (χ0n) is 4.73. The molecule has 1 rings (SSSR count). The van der Waals surface area contributed by atoms with Crippen LogP contribution in [0, 0.1) is 12.3 Å². The fourth-order valence-electron chi connectivity index (χ4n) is 0.425. The molecule has 1 saturated carbocycles. The normalized spacial score (nSPS) is 20.2. The minimum absolute atomic E-state index is 0.157. The van der Waals surface area contributed by atoms with Crippen molar-refractivity contribution < 1.29 is 18.9 Å². The Balaban J connectivity index is 2.10. The highest BCUT2D eigenvalue weighted by Gasteiger charge is 2.25. The molecule has 1 radical (unpaired) electrons. The van der Waals surface area contributed by atoms with Gasteiger partial charge >= 0.3 is 7.82 Å². The van der Waals surface area contributed by atoms with Crippen molar-refractivity contribution in [1.82, 2.24) is 0 Å². The van der Waals surface area contributed by atoms with Gasteiger partial charge in [-0.1, -0.05) is 0 Å². The van der Waals surface area contributed by atoms with Crippen LogP contribution in [0.2, 0.25) is 0 Å². The first-order valence-electron chi connectivity index (χ1n) is 2.61. The highest BCUT2D eigenvalue weighted by molar-refractivity contribution is 7.46. The van der Waals surface area contributed by atoms with E-state index in [0.29, 0.717) is 0 Å². The summed E-state index contributed by atoms with van der Waals surface area (Å²) in [4.78, 5) is 16.3. The molecule has 0 spiro atoms. The number of phosphoric acid groups is 1. The number of rotatable bonds is 3. The van der Waals surface area contributed by atoms with Gasteiger partial charge in [-0.2, -0.15) is 0 Å². The van der Waals surface area contributed by atoms with Gasteiger partial charge in [-0.15, -0.1) is 0 Å². The van der Waals surface area contributed by atoms with Gasteiger partial charge in [0.15, 0.2) is 0 Å². The molecule has 4 nitrogen and oxygen atoms in total. The van der Waals surface area contributed by atoms with Crippen LogP contribution in [0.5, 0.6) is 0 Å². The van der Waals surface area contributed by atoms with Crippen LogP contribution in [0.25, 0.3) is 0 Å². The van der Waals surface area contributed by atoms with Crippen molar-refractivity contribution in [1.29, 1.82) is 0 Å². The summed E-state index contributed by atoms with van der Waals surface area (Å²) in [6.07, 6.45) is 2.86. The van der Waals surface area contributed by atoms with E-state index in [1.165, 1.54) is 0 Å². The van der Waals surface area contributed by atoms with E-state index in [0.717, 1.165) is 6.42 Å². The Labute approximate surface area is 53.1 Å². The summed E-state index contributed by atoms with van der Waals surface area (Å²) in [6, 6.07) is 0. The summed E-state index contributed by atoms with van der Waals surface area (Å²) in [6.45, 7) is 0.157. The molecule has 1 aliphatic carbocycles. The first-order chi connectivity index (χ1) is 4.08. The van der Waals surface area contributed by atoms with E-state index >= 15 is 0 Å². The lowest BCUT2D eigenvalue weighted by molar-refractivity contribution is 0.191. The molecule has 0 heterocycles. The van der Waals surface area contributed by atoms with Gasteiger partial charge in [0.05, 0.1) is 6.61 Å². The first-order valence-corrected chi connectivity index (χ1v) is 4.14. The van der Waals surface area contributed by atoms with Gasteiger partial charge in [0.1, 0.15) is 0 Å². The minimum Gasteiger partial charge on any atom is -0.303 e. The second kappa shape index (κ2) is 2.39. The molecule has 1 aliphatic rings. The fraction of sp³-hybridized carbons (Fsp3) is 0.750. The Morgan fingerprint density at radius 3 is 2.67 bits per heavy atom. The predicted octanol–water partition coefficient (Wildman–Crippen LogP) is 0.320. The molecule has 0 amide bonds. The zero-order chi connectivity index (χ0) is 6.91. The van der Waals surface area contributed by atoms with E-state index in [2.05, 4.69) is 4.52 Å².